The standard InChI is InChI=1S/C15H21O5/c1-5-8-20-9-6-7-11-10(2)12(16)14(18-3)15(19-4)13(11)17/h1,5-9H2,2-4H3. The topological polar surface area (TPSA) is 61.8 Å². The van der Waals surface area contributed by atoms with Crippen LogP contribution in [0.15, 0.2) is 22.7 Å². The van der Waals surface area contributed by atoms with Crippen molar-refractivity contribution in [2.24, 2.45) is 0 Å². The Kier molecular flexibility index (Phi) is 6.45. The van der Waals surface area contributed by atoms with Gasteiger partial charge in [-0.2, -0.15) is 0 Å². The zero-order chi connectivity index (χ0) is 15.1. The second-order valence-corrected chi connectivity index (χ2v) is 4.40. The molecule has 0 atom stereocenters. The molecule has 0 aromatic carbocycles. The van der Waals surface area contributed by atoms with Crippen LogP contribution in [-0.4, -0.2) is 39.0 Å². The molecule has 0 aromatic rings. The summed E-state index contributed by atoms with van der Waals surface area (Å²) in [5, 5.41) is 0. The van der Waals surface area contributed by atoms with E-state index in [9.17, 15) is 9.59 Å². The summed E-state index contributed by atoms with van der Waals surface area (Å²) in [6, 6.07) is 0. The molecule has 0 heterocycles. The van der Waals surface area contributed by atoms with E-state index in [-0.39, 0.29) is 23.1 Å². The van der Waals surface area contributed by atoms with E-state index < -0.39 is 0 Å². The van der Waals surface area contributed by atoms with E-state index in [0.717, 1.165) is 0 Å². The fourth-order valence-corrected chi connectivity index (χ4v) is 2.05. The molecular weight excluding hydrogens is 260 g/mol. The van der Waals surface area contributed by atoms with Gasteiger partial charge < -0.3 is 14.2 Å². The molecule has 1 radical (unpaired) electrons. The van der Waals surface area contributed by atoms with Crippen molar-refractivity contribution in [3.63, 3.8) is 0 Å². The maximum Gasteiger partial charge on any atom is 0.228 e. The van der Waals surface area contributed by atoms with Crippen LogP contribution >= 0.6 is 0 Å². The second kappa shape index (κ2) is 7.85. The van der Waals surface area contributed by atoms with Crippen LogP contribution in [0.3, 0.4) is 0 Å². The highest BCUT2D eigenvalue weighted by Gasteiger charge is 2.34. The third-order valence-corrected chi connectivity index (χ3v) is 3.10. The zero-order valence-electron chi connectivity index (χ0n) is 12.3. The Morgan fingerprint density at radius 1 is 1.00 bits per heavy atom. The van der Waals surface area contributed by atoms with E-state index in [1.54, 1.807) is 6.92 Å². The maximum absolute atomic E-state index is 12.3. The minimum Gasteiger partial charge on any atom is -0.489 e. The Hall–Kier alpha value is -1.62. The van der Waals surface area contributed by atoms with Crippen LogP contribution in [0, 0.1) is 6.92 Å². The fraction of sp³-hybridized carbons (Fsp3) is 0.533. The molecule has 5 heteroatoms. The number of hydrogen-bond donors (Lipinski definition) is 0. The highest BCUT2D eigenvalue weighted by Crippen LogP contribution is 2.28. The van der Waals surface area contributed by atoms with Gasteiger partial charge in [-0.3, -0.25) is 9.59 Å². The van der Waals surface area contributed by atoms with Crippen molar-refractivity contribution in [3.8, 4) is 0 Å². The first-order valence-corrected chi connectivity index (χ1v) is 6.56. The SMILES string of the molecule is [CH2]CCOCCCC1=C(C)C(=O)C(OC)=C(OC)C1=O. The normalized spacial score (nSPS) is 16.0. The maximum atomic E-state index is 12.3. The van der Waals surface area contributed by atoms with Crippen LogP contribution in [0.25, 0.3) is 0 Å². The first-order valence-electron chi connectivity index (χ1n) is 6.56. The summed E-state index contributed by atoms with van der Waals surface area (Å²) in [7, 11) is 2.71. The van der Waals surface area contributed by atoms with Gasteiger partial charge in [-0.05, 0) is 26.2 Å². The number of ketones is 2. The van der Waals surface area contributed by atoms with Crippen molar-refractivity contribution in [3.05, 3.63) is 29.6 Å². The molecule has 111 valence electrons. The van der Waals surface area contributed by atoms with Crippen molar-refractivity contribution < 1.29 is 23.8 Å². The number of carbonyl (C=O) groups excluding carboxylic acids is 2. The summed E-state index contributed by atoms with van der Waals surface area (Å²) >= 11 is 0. The van der Waals surface area contributed by atoms with Gasteiger partial charge in [0, 0.05) is 24.4 Å². The molecule has 0 saturated heterocycles. The fourth-order valence-electron chi connectivity index (χ4n) is 2.05. The van der Waals surface area contributed by atoms with Crippen molar-refractivity contribution in [2.45, 2.75) is 26.2 Å². The first-order chi connectivity index (χ1) is 9.58. The van der Waals surface area contributed by atoms with Gasteiger partial charge in [-0.25, -0.2) is 0 Å². The highest BCUT2D eigenvalue weighted by molar-refractivity contribution is 6.23. The molecule has 1 aliphatic rings. The van der Waals surface area contributed by atoms with Gasteiger partial charge in [-0.15, -0.1) is 0 Å². The van der Waals surface area contributed by atoms with Gasteiger partial charge in [0.05, 0.1) is 14.2 Å². The van der Waals surface area contributed by atoms with Crippen LogP contribution in [-0.2, 0) is 23.8 Å². The second-order valence-electron chi connectivity index (χ2n) is 4.40. The van der Waals surface area contributed by atoms with Crippen molar-refractivity contribution in [1.29, 1.82) is 0 Å². The molecule has 1 aliphatic carbocycles. The summed E-state index contributed by atoms with van der Waals surface area (Å²) in [5.41, 5.74) is 0.899. The third-order valence-electron chi connectivity index (χ3n) is 3.10. The number of carbonyl (C=O) groups is 2. The Balaban J connectivity index is 2.78. The molecule has 0 N–H and O–H groups in total. The number of Topliss-reactive ketones (excluding diaryl/α,β-unsaturated/α-hetero) is 2. The van der Waals surface area contributed by atoms with E-state index in [1.165, 1.54) is 14.2 Å². The van der Waals surface area contributed by atoms with Crippen LogP contribution < -0.4 is 0 Å². The van der Waals surface area contributed by atoms with Gasteiger partial charge in [0.2, 0.25) is 23.1 Å². The predicted octanol–water partition coefficient (Wildman–Crippen LogP) is 1.98. The van der Waals surface area contributed by atoms with Gasteiger partial charge in [0.1, 0.15) is 0 Å². The number of rotatable bonds is 8. The summed E-state index contributed by atoms with van der Waals surface area (Å²) in [4.78, 5) is 24.4. The molecule has 0 aliphatic heterocycles. The monoisotopic (exact) mass is 281 g/mol. The van der Waals surface area contributed by atoms with Crippen molar-refractivity contribution in [2.75, 3.05) is 27.4 Å². The predicted molar refractivity (Wildman–Crippen MR) is 73.8 cm³/mol. The first kappa shape index (κ1) is 16.4. The molecule has 0 bridgehead atoms. The summed E-state index contributed by atoms with van der Waals surface area (Å²) < 4.78 is 15.3. The molecule has 0 aromatic heterocycles. The number of hydrogen-bond acceptors (Lipinski definition) is 5. The Labute approximate surface area is 119 Å². The number of allylic oxidation sites excluding steroid dienone is 2. The smallest absolute Gasteiger partial charge is 0.228 e. The zero-order valence-corrected chi connectivity index (χ0v) is 12.3. The van der Waals surface area contributed by atoms with E-state index in [1.807, 2.05) is 0 Å². The Morgan fingerprint density at radius 3 is 2.15 bits per heavy atom. The third kappa shape index (κ3) is 3.48. The lowest BCUT2D eigenvalue weighted by Crippen LogP contribution is -2.25. The van der Waals surface area contributed by atoms with Gasteiger partial charge in [0.15, 0.2) is 0 Å². The highest BCUT2D eigenvalue weighted by atomic mass is 16.5. The molecular formula is C15H21O5. The van der Waals surface area contributed by atoms with Gasteiger partial charge >= 0.3 is 0 Å². The molecule has 0 fully saturated rings. The van der Waals surface area contributed by atoms with Gasteiger partial charge in [0.25, 0.3) is 0 Å². The average molecular weight is 281 g/mol. The lowest BCUT2D eigenvalue weighted by atomic mass is 9.90. The van der Waals surface area contributed by atoms with Crippen molar-refractivity contribution in [1.82, 2.24) is 0 Å². The van der Waals surface area contributed by atoms with E-state index in [0.29, 0.717) is 43.6 Å². The minimum atomic E-state index is -0.294. The minimum absolute atomic E-state index is 0.0169. The molecule has 0 spiro atoms. The van der Waals surface area contributed by atoms with Crippen LogP contribution in [0.2, 0.25) is 0 Å². The number of ether oxygens (including phenoxy) is 3. The molecule has 0 saturated carbocycles. The quantitative estimate of drug-likeness (QED) is 0.503. The Bertz CT molecular complexity index is 445. The summed E-state index contributed by atoms with van der Waals surface area (Å²) in [5.74, 6) is -0.611. The van der Waals surface area contributed by atoms with Crippen LogP contribution in [0.4, 0.5) is 0 Å². The van der Waals surface area contributed by atoms with Crippen LogP contribution in [0.5, 0.6) is 0 Å². The molecule has 0 amide bonds. The van der Waals surface area contributed by atoms with Crippen molar-refractivity contribution >= 4 is 11.6 Å². The lowest BCUT2D eigenvalue weighted by Gasteiger charge is -2.20. The van der Waals surface area contributed by atoms with Gasteiger partial charge in [-0.1, -0.05) is 6.92 Å². The Morgan fingerprint density at radius 2 is 1.60 bits per heavy atom. The summed E-state index contributed by atoms with van der Waals surface area (Å²) in [6.07, 6.45) is 1.87. The molecule has 5 nitrogen and oxygen atoms in total. The van der Waals surface area contributed by atoms with E-state index in [4.69, 9.17) is 14.2 Å². The average Bonchev–Trinajstić information content (AvgIpc) is 2.45. The lowest BCUT2D eigenvalue weighted by molar-refractivity contribution is -0.121. The van der Waals surface area contributed by atoms with E-state index in [2.05, 4.69) is 6.92 Å². The molecule has 0 unspecified atom stereocenters. The molecule has 1 rings (SSSR count). The summed E-state index contributed by atoms with van der Waals surface area (Å²) in [6.45, 7) is 6.45. The number of methoxy groups -OCH3 is 2. The van der Waals surface area contributed by atoms with Crippen LogP contribution in [0.1, 0.15) is 26.2 Å². The molecule has 20 heavy (non-hydrogen) atoms. The largest absolute Gasteiger partial charge is 0.489 e. The van der Waals surface area contributed by atoms with E-state index >= 15 is 0 Å².